The molecule has 0 N–H and O–H groups in total. The average molecular weight is 451 g/mol. The van der Waals surface area contributed by atoms with Gasteiger partial charge in [0.25, 0.3) is 0 Å². The molecule has 0 amide bonds. The lowest BCUT2D eigenvalue weighted by atomic mass is 9.86. The number of nitrogens with zero attached hydrogens (tertiary/aromatic N) is 2. The SMILES string of the molecule is COC1=CC(C)(OC)CC(C(C)N2CCN(c3ccc(Br)c(OC)c3)CC2)=C1. The van der Waals surface area contributed by atoms with Gasteiger partial charge in [0.2, 0.25) is 0 Å². The zero-order valence-electron chi connectivity index (χ0n) is 17.5. The van der Waals surface area contributed by atoms with E-state index in [0.717, 1.165) is 48.6 Å². The first-order valence-electron chi connectivity index (χ1n) is 9.74. The summed E-state index contributed by atoms with van der Waals surface area (Å²) in [4.78, 5) is 4.97. The number of halogens is 1. The van der Waals surface area contributed by atoms with Crippen LogP contribution in [0.4, 0.5) is 5.69 Å². The number of allylic oxidation sites excluding steroid dienone is 1. The minimum atomic E-state index is -0.306. The Labute approximate surface area is 177 Å². The van der Waals surface area contributed by atoms with E-state index in [2.05, 4.69) is 69.9 Å². The molecule has 1 fully saturated rings. The molecule has 2 aliphatic rings. The molecule has 1 aliphatic carbocycles. The first-order chi connectivity index (χ1) is 13.4. The van der Waals surface area contributed by atoms with Crippen molar-refractivity contribution in [3.63, 3.8) is 0 Å². The van der Waals surface area contributed by atoms with Crippen LogP contribution in [-0.2, 0) is 9.47 Å². The number of anilines is 1. The number of piperazine rings is 1. The van der Waals surface area contributed by atoms with E-state index in [-0.39, 0.29) is 5.60 Å². The maximum Gasteiger partial charge on any atom is 0.135 e. The lowest BCUT2D eigenvalue weighted by Gasteiger charge is -2.41. The fourth-order valence-corrected chi connectivity index (χ4v) is 4.41. The first-order valence-corrected chi connectivity index (χ1v) is 10.5. The minimum Gasteiger partial charge on any atom is -0.497 e. The second-order valence-corrected chi connectivity index (χ2v) is 8.54. The van der Waals surface area contributed by atoms with Crippen molar-refractivity contribution in [2.45, 2.75) is 31.9 Å². The number of methoxy groups -OCH3 is 3. The lowest BCUT2D eigenvalue weighted by molar-refractivity contribution is 0.0397. The van der Waals surface area contributed by atoms with Crippen LogP contribution in [0.25, 0.3) is 0 Å². The Morgan fingerprint density at radius 2 is 1.79 bits per heavy atom. The molecule has 3 rings (SSSR count). The molecular formula is C22H31BrN2O3. The summed E-state index contributed by atoms with van der Waals surface area (Å²) < 4.78 is 17.7. The maximum atomic E-state index is 5.75. The fraction of sp³-hybridized carbons (Fsp3) is 0.545. The zero-order valence-corrected chi connectivity index (χ0v) is 19.1. The van der Waals surface area contributed by atoms with Crippen LogP contribution < -0.4 is 9.64 Å². The highest BCUT2D eigenvalue weighted by Crippen LogP contribution is 2.34. The second-order valence-electron chi connectivity index (χ2n) is 7.68. The van der Waals surface area contributed by atoms with Crippen molar-refractivity contribution in [1.29, 1.82) is 0 Å². The third-order valence-corrected chi connectivity index (χ3v) is 6.59. The summed E-state index contributed by atoms with van der Waals surface area (Å²) in [6, 6.07) is 6.66. The summed E-state index contributed by atoms with van der Waals surface area (Å²) in [5.74, 6) is 1.76. The highest BCUT2D eigenvalue weighted by Gasteiger charge is 2.32. The van der Waals surface area contributed by atoms with Gasteiger partial charge in [-0.05, 0) is 59.6 Å². The molecule has 28 heavy (non-hydrogen) atoms. The molecular weight excluding hydrogens is 420 g/mol. The summed E-state index contributed by atoms with van der Waals surface area (Å²) in [6.07, 6.45) is 5.14. The third kappa shape index (κ3) is 4.56. The van der Waals surface area contributed by atoms with Crippen molar-refractivity contribution >= 4 is 21.6 Å². The van der Waals surface area contributed by atoms with Crippen molar-refractivity contribution in [1.82, 2.24) is 4.90 Å². The van der Waals surface area contributed by atoms with Gasteiger partial charge < -0.3 is 19.1 Å². The number of hydrogen-bond donors (Lipinski definition) is 0. The van der Waals surface area contributed by atoms with Gasteiger partial charge in [0, 0.05) is 57.5 Å². The van der Waals surface area contributed by atoms with Gasteiger partial charge in [0.15, 0.2) is 0 Å². The van der Waals surface area contributed by atoms with Crippen molar-refractivity contribution in [3.8, 4) is 5.75 Å². The van der Waals surface area contributed by atoms with Crippen LogP contribution in [0.3, 0.4) is 0 Å². The molecule has 0 radical (unpaired) electrons. The van der Waals surface area contributed by atoms with Crippen LogP contribution in [0.15, 0.2) is 46.2 Å². The van der Waals surface area contributed by atoms with Crippen LogP contribution in [0.1, 0.15) is 20.3 Å². The Morgan fingerprint density at radius 3 is 2.39 bits per heavy atom. The Hall–Kier alpha value is -1.50. The molecule has 5 nitrogen and oxygen atoms in total. The molecule has 1 aromatic carbocycles. The largest absolute Gasteiger partial charge is 0.497 e. The Bertz CT molecular complexity index is 756. The van der Waals surface area contributed by atoms with Crippen LogP contribution >= 0.6 is 15.9 Å². The monoisotopic (exact) mass is 450 g/mol. The standard InChI is InChI=1S/C22H31BrN2O3/c1-16(17-12-19(26-3)15-22(2,14-17)28-5)24-8-10-25(11-9-24)18-6-7-20(23)21(13-18)27-4/h6-7,12-13,15-16H,8-11,14H2,1-5H3. The lowest BCUT2D eigenvalue weighted by Crippen LogP contribution is -2.50. The van der Waals surface area contributed by atoms with Crippen molar-refractivity contribution in [2.24, 2.45) is 0 Å². The maximum absolute atomic E-state index is 5.75. The summed E-state index contributed by atoms with van der Waals surface area (Å²) in [5, 5.41) is 0. The highest BCUT2D eigenvalue weighted by molar-refractivity contribution is 9.10. The predicted octanol–water partition coefficient (Wildman–Crippen LogP) is 4.23. The first kappa shape index (κ1) is 21.2. The zero-order chi connectivity index (χ0) is 20.3. The van der Waals surface area contributed by atoms with Crippen LogP contribution in [0.5, 0.6) is 5.75 Å². The van der Waals surface area contributed by atoms with E-state index in [4.69, 9.17) is 14.2 Å². The average Bonchev–Trinajstić information content (AvgIpc) is 2.73. The van der Waals surface area contributed by atoms with Crippen molar-refractivity contribution in [3.05, 3.63) is 46.2 Å². The van der Waals surface area contributed by atoms with Gasteiger partial charge in [-0.15, -0.1) is 0 Å². The molecule has 1 aliphatic heterocycles. The summed E-state index contributed by atoms with van der Waals surface area (Å²) in [7, 11) is 5.19. The van der Waals surface area contributed by atoms with Gasteiger partial charge in [-0.25, -0.2) is 0 Å². The highest BCUT2D eigenvalue weighted by atomic mass is 79.9. The minimum absolute atomic E-state index is 0.306. The van der Waals surface area contributed by atoms with E-state index in [1.807, 2.05) is 0 Å². The quantitative estimate of drug-likeness (QED) is 0.647. The van der Waals surface area contributed by atoms with Gasteiger partial charge in [-0.1, -0.05) is 0 Å². The Kier molecular flexibility index (Phi) is 6.73. The van der Waals surface area contributed by atoms with Crippen LogP contribution in [0.2, 0.25) is 0 Å². The Morgan fingerprint density at radius 1 is 1.07 bits per heavy atom. The summed E-state index contributed by atoms with van der Waals surface area (Å²) in [6.45, 7) is 8.44. The fourth-order valence-electron chi connectivity index (χ4n) is 4.00. The normalized spacial score (nSPS) is 24.4. The smallest absolute Gasteiger partial charge is 0.135 e. The second kappa shape index (κ2) is 8.89. The van der Waals surface area contributed by atoms with Crippen molar-refractivity contribution < 1.29 is 14.2 Å². The summed E-state index contributed by atoms with van der Waals surface area (Å²) >= 11 is 3.53. The van der Waals surface area contributed by atoms with E-state index in [1.54, 1.807) is 21.3 Å². The number of hydrogen-bond acceptors (Lipinski definition) is 5. The molecule has 1 aromatic rings. The van der Waals surface area contributed by atoms with E-state index < -0.39 is 0 Å². The number of ether oxygens (including phenoxy) is 3. The van der Waals surface area contributed by atoms with Gasteiger partial charge in [-0.2, -0.15) is 0 Å². The molecule has 0 bridgehead atoms. The number of benzene rings is 1. The predicted molar refractivity (Wildman–Crippen MR) is 117 cm³/mol. The van der Waals surface area contributed by atoms with Gasteiger partial charge in [0.1, 0.15) is 11.5 Å². The van der Waals surface area contributed by atoms with E-state index >= 15 is 0 Å². The molecule has 0 saturated carbocycles. The van der Waals surface area contributed by atoms with Crippen LogP contribution in [-0.4, -0.2) is 64.1 Å². The van der Waals surface area contributed by atoms with E-state index in [1.165, 1.54) is 11.3 Å². The van der Waals surface area contributed by atoms with E-state index in [0.29, 0.717) is 6.04 Å². The van der Waals surface area contributed by atoms with Gasteiger partial charge in [-0.3, -0.25) is 4.90 Å². The molecule has 0 spiro atoms. The van der Waals surface area contributed by atoms with Gasteiger partial charge in [0.05, 0.1) is 24.3 Å². The topological polar surface area (TPSA) is 34.2 Å². The summed E-state index contributed by atoms with van der Waals surface area (Å²) in [5.41, 5.74) is 2.27. The van der Waals surface area contributed by atoms with Crippen LogP contribution in [0, 0.1) is 0 Å². The van der Waals surface area contributed by atoms with Gasteiger partial charge >= 0.3 is 0 Å². The molecule has 0 aromatic heterocycles. The number of rotatable bonds is 6. The molecule has 154 valence electrons. The Balaban J connectivity index is 1.66. The molecule has 2 atom stereocenters. The molecule has 2 unspecified atom stereocenters. The third-order valence-electron chi connectivity index (χ3n) is 5.93. The van der Waals surface area contributed by atoms with Crippen molar-refractivity contribution in [2.75, 3.05) is 52.4 Å². The molecule has 1 saturated heterocycles. The van der Waals surface area contributed by atoms with E-state index in [9.17, 15) is 0 Å². The molecule has 1 heterocycles. The molecule has 6 heteroatoms.